The van der Waals surface area contributed by atoms with Gasteiger partial charge in [0, 0.05) is 16.4 Å². The van der Waals surface area contributed by atoms with Crippen LogP contribution < -0.4 is 10.6 Å². The van der Waals surface area contributed by atoms with E-state index < -0.39 is 0 Å². The number of benzene rings is 1. The standard InChI is InChI=1S/C24H30N4O2S2/c1-14(2)25-20(29)13-31-19-6-4-3-5-18(19)21(30)26-23-28-27-22(32-23)24-10-15-7-16(11-24)9-17(8-15)12-24/h3-6,14-17H,7-13H2,1-2H3,(H,25,29)(H,26,28,30). The quantitative estimate of drug-likeness (QED) is 0.564. The molecule has 170 valence electrons. The van der Waals surface area contributed by atoms with Crippen LogP contribution in [0.15, 0.2) is 29.2 Å². The average molecular weight is 471 g/mol. The summed E-state index contributed by atoms with van der Waals surface area (Å²) in [5, 5.41) is 16.4. The first-order valence-corrected chi connectivity index (χ1v) is 13.4. The van der Waals surface area contributed by atoms with Gasteiger partial charge in [-0.15, -0.1) is 22.0 Å². The van der Waals surface area contributed by atoms with Gasteiger partial charge < -0.3 is 5.32 Å². The van der Waals surface area contributed by atoms with Gasteiger partial charge in [-0.1, -0.05) is 23.5 Å². The van der Waals surface area contributed by atoms with E-state index in [-0.39, 0.29) is 29.0 Å². The molecule has 6 rings (SSSR count). The molecule has 0 saturated heterocycles. The second kappa shape index (κ2) is 8.78. The SMILES string of the molecule is CC(C)NC(=O)CSc1ccccc1C(=O)Nc1nnc(C23CC4CC(CC(C4)C2)C3)s1. The first kappa shape index (κ1) is 21.9. The smallest absolute Gasteiger partial charge is 0.258 e. The number of nitrogens with zero attached hydrogens (tertiary/aromatic N) is 2. The molecule has 4 saturated carbocycles. The highest BCUT2D eigenvalue weighted by atomic mass is 32.2. The van der Waals surface area contributed by atoms with Crippen molar-refractivity contribution < 1.29 is 9.59 Å². The van der Waals surface area contributed by atoms with E-state index >= 15 is 0 Å². The van der Waals surface area contributed by atoms with Crippen molar-refractivity contribution in [1.82, 2.24) is 15.5 Å². The van der Waals surface area contributed by atoms with Crippen LogP contribution >= 0.6 is 23.1 Å². The summed E-state index contributed by atoms with van der Waals surface area (Å²) in [5.41, 5.74) is 0.744. The Hall–Kier alpha value is -1.93. The normalized spacial score (nSPS) is 28.2. The van der Waals surface area contributed by atoms with E-state index in [0.717, 1.165) is 27.7 Å². The lowest BCUT2D eigenvalue weighted by molar-refractivity contribution is -0.119. The van der Waals surface area contributed by atoms with E-state index in [1.165, 1.54) is 50.3 Å². The summed E-state index contributed by atoms with van der Waals surface area (Å²) in [7, 11) is 0. The van der Waals surface area contributed by atoms with Gasteiger partial charge in [-0.3, -0.25) is 14.9 Å². The highest BCUT2D eigenvalue weighted by Crippen LogP contribution is 2.61. The third-order valence-electron chi connectivity index (χ3n) is 7.08. The fraction of sp³-hybridized carbons (Fsp3) is 0.583. The number of nitrogens with one attached hydrogen (secondary N) is 2. The molecular weight excluding hydrogens is 440 g/mol. The molecule has 1 heterocycles. The van der Waals surface area contributed by atoms with E-state index in [4.69, 9.17) is 0 Å². The fourth-order valence-electron chi connectivity index (χ4n) is 6.31. The molecule has 2 aromatic rings. The lowest BCUT2D eigenvalue weighted by atomic mass is 9.50. The Morgan fingerprint density at radius 2 is 1.75 bits per heavy atom. The fourth-order valence-corrected chi connectivity index (χ4v) is 8.13. The zero-order valence-electron chi connectivity index (χ0n) is 18.6. The topological polar surface area (TPSA) is 84.0 Å². The molecule has 1 aromatic carbocycles. The number of anilines is 1. The molecule has 4 bridgehead atoms. The molecule has 4 aliphatic carbocycles. The predicted octanol–water partition coefficient (Wildman–Crippen LogP) is 4.87. The van der Waals surface area contributed by atoms with E-state index in [9.17, 15) is 9.59 Å². The van der Waals surface area contributed by atoms with Crippen LogP contribution in [-0.4, -0.2) is 33.8 Å². The van der Waals surface area contributed by atoms with Crippen LogP contribution in [0.25, 0.3) is 0 Å². The minimum atomic E-state index is -0.203. The second-order valence-electron chi connectivity index (χ2n) is 10.1. The summed E-state index contributed by atoms with van der Waals surface area (Å²) in [5.74, 6) is 2.58. The number of thioether (sulfide) groups is 1. The summed E-state index contributed by atoms with van der Waals surface area (Å²) in [4.78, 5) is 25.8. The Labute approximate surface area is 197 Å². The maximum Gasteiger partial charge on any atom is 0.258 e. The summed E-state index contributed by atoms with van der Waals surface area (Å²) >= 11 is 2.92. The van der Waals surface area contributed by atoms with E-state index in [0.29, 0.717) is 10.7 Å². The molecule has 0 unspecified atom stereocenters. The molecule has 8 heteroatoms. The Bertz CT molecular complexity index is 984. The molecule has 0 aliphatic heterocycles. The number of amides is 2. The van der Waals surface area contributed by atoms with Crippen molar-refractivity contribution in [1.29, 1.82) is 0 Å². The molecule has 2 N–H and O–H groups in total. The number of hydrogen-bond donors (Lipinski definition) is 2. The molecule has 0 atom stereocenters. The summed E-state index contributed by atoms with van der Waals surface area (Å²) in [6, 6.07) is 7.49. The van der Waals surface area contributed by atoms with Crippen molar-refractivity contribution in [2.24, 2.45) is 17.8 Å². The monoisotopic (exact) mass is 470 g/mol. The lowest BCUT2D eigenvalue weighted by Gasteiger charge is -2.55. The van der Waals surface area contributed by atoms with Crippen LogP contribution in [0.3, 0.4) is 0 Å². The van der Waals surface area contributed by atoms with Crippen LogP contribution in [-0.2, 0) is 10.2 Å². The molecule has 32 heavy (non-hydrogen) atoms. The number of aromatic nitrogens is 2. The van der Waals surface area contributed by atoms with Gasteiger partial charge in [0.2, 0.25) is 11.0 Å². The zero-order valence-corrected chi connectivity index (χ0v) is 20.2. The summed E-state index contributed by atoms with van der Waals surface area (Å²) < 4.78 is 0. The van der Waals surface area contributed by atoms with Gasteiger partial charge in [0.25, 0.3) is 5.91 Å². The van der Waals surface area contributed by atoms with Gasteiger partial charge in [-0.25, -0.2) is 0 Å². The summed E-state index contributed by atoms with van der Waals surface area (Å²) in [6.07, 6.45) is 7.89. The predicted molar refractivity (Wildman–Crippen MR) is 128 cm³/mol. The van der Waals surface area contributed by atoms with Crippen LogP contribution in [0.1, 0.15) is 67.7 Å². The van der Waals surface area contributed by atoms with Crippen molar-refractivity contribution in [3.8, 4) is 0 Å². The van der Waals surface area contributed by atoms with Crippen LogP contribution in [0.4, 0.5) is 5.13 Å². The number of hydrogen-bond acceptors (Lipinski definition) is 6. The molecule has 1 aromatic heterocycles. The van der Waals surface area contributed by atoms with E-state index in [1.54, 1.807) is 17.4 Å². The van der Waals surface area contributed by atoms with Gasteiger partial charge in [-0.05, 0) is 82.3 Å². The van der Waals surface area contributed by atoms with Crippen LogP contribution in [0.5, 0.6) is 0 Å². The Balaban J connectivity index is 1.27. The molecule has 6 nitrogen and oxygen atoms in total. The first-order valence-electron chi connectivity index (χ1n) is 11.6. The highest BCUT2D eigenvalue weighted by Gasteiger charge is 2.53. The number of carbonyl (C=O) groups is 2. The van der Waals surface area contributed by atoms with Crippen molar-refractivity contribution in [3.05, 3.63) is 34.8 Å². The van der Waals surface area contributed by atoms with Crippen molar-refractivity contribution >= 4 is 40.0 Å². The van der Waals surface area contributed by atoms with Crippen molar-refractivity contribution in [2.75, 3.05) is 11.1 Å². The molecule has 0 spiro atoms. The average Bonchev–Trinajstić information content (AvgIpc) is 3.20. The van der Waals surface area contributed by atoms with E-state index in [1.807, 2.05) is 32.0 Å². The number of rotatable bonds is 7. The van der Waals surface area contributed by atoms with E-state index in [2.05, 4.69) is 20.8 Å². The van der Waals surface area contributed by atoms with Gasteiger partial charge in [0.05, 0.1) is 11.3 Å². The maximum absolute atomic E-state index is 13.0. The largest absolute Gasteiger partial charge is 0.353 e. The number of carbonyl (C=O) groups excluding carboxylic acids is 2. The van der Waals surface area contributed by atoms with Gasteiger partial charge >= 0.3 is 0 Å². The van der Waals surface area contributed by atoms with Crippen molar-refractivity contribution in [2.45, 2.75) is 68.7 Å². The minimum absolute atomic E-state index is 0.0375. The Kier molecular flexibility index (Phi) is 6.01. The molecule has 4 fully saturated rings. The van der Waals surface area contributed by atoms with Crippen LogP contribution in [0.2, 0.25) is 0 Å². The first-order chi connectivity index (χ1) is 15.4. The molecular formula is C24H30N4O2S2. The van der Waals surface area contributed by atoms with Gasteiger partial charge in [0.1, 0.15) is 5.01 Å². The third-order valence-corrected chi connectivity index (χ3v) is 9.24. The Morgan fingerprint density at radius 3 is 2.41 bits per heavy atom. The van der Waals surface area contributed by atoms with Gasteiger partial charge in [-0.2, -0.15) is 0 Å². The highest BCUT2D eigenvalue weighted by molar-refractivity contribution is 8.00. The minimum Gasteiger partial charge on any atom is -0.353 e. The van der Waals surface area contributed by atoms with Crippen LogP contribution in [0, 0.1) is 17.8 Å². The van der Waals surface area contributed by atoms with Gasteiger partial charge in [0.15, 0.2) is 0 Å². The third kappa shape index (κ3) is 4.44. The summed E-state index contributed by atoms with van der Waals surface area (Å²) in [6.45, 7) is 3.87. The maximum atomic E-state index is 13.0. The molecule has 0 radical (unpaired) electrons. The molecule has 2 amide bonds. The molecule has 4 aliphatic rings. The van der Waals surface area contributed by atoms with Crippen molar-refractivity contribution in [3.63, 3.8) is 0 Å². The lowest BCUT2D eigenvalue weighted by Crippen LogP contribution is -2.48. The zero-order chi connectivity index (χ0) is 22.3. The Morgan fingerprint density at radius 1 is 1.09 bits per heavy atom. The second-order valence-corrected chi connectivity index (χ2v) is 12.1.